The zero-order valence-corrected chi connectivity index (χ0v) is 12.4. The second-order valence-corrected chi connectivity index (χ2v) is 7.22. The molecule has 0 radical (unpaired) electrons. The first kappa shape index (κ1) is 14.6. The molecule has 0 aliphatic heterocycles. The standard InChI is InChI=1S/C15H27NO3/c1-14(2,3)19-13(18)16-12-6-4-11(5-7-12)15(10-17)8-9-15/h11-12,17H,4-10H2,1-3H3,(H,16,18). The van der Waals surface area contributed by atoms with E-state index in [4.69, 9.17) is 4.74 Å². The highest BCUT2D eigenvalue weighted by Gasteiger charge is 2.49. The lowest BCUT2D eigenvalue weighted by Crippen LogP contribution is -2.41. The molecule has 110 valence electrons. The molecule has 4 nitrogen and oxygen atoms in total. The maximum Gasteiger partial charge on any atom is 0.407 e. The third-order valence-corrected chi connectivity index (χ3v) is 4.52. The van der Waals surface area contributed by atoms with Gasteiger partial charge in [-0.05, 0) is 70.6 Å². The van der Waals surface area contributed by atoms with Gasteiger partial charge in [-0.2, -0.15) is 0 Å². The maximum absolute atomic E-state index is 11.7. The Balaban J connectivity index is 1.73. The Morgan fingerprint density at radius 1 is 1.26 bits per heavy atom. The highest BCUT2D eigenvalue weighted by Crippen LogP contribution is 2.55. The summed E-state index contributed by atoms with van der Waals surface area (Å²) < 4.78 is 5.28. The molecular formula is C15H27NO3. The lowest BCUT2D eigenvalue weighted by atomic mass is 9.76. The lowest BCUT2D eigenvalue weighted by molar-refractivity contribution is 0.0471. The summed E-state index contributed by atoms with van der Waals surface area (Å²) in [5.74, 6) is 0.647. The maximum atomic E-state index is 11.7. The fourth-order valence-electron chi connectivity index (χ4n) is 3.18. The molecule has 0 aromatic rings. The Morgan fingerprint density at radius 2 is 1.84 bits per heavy atom. The van der Waals surface area contributed by atoms with Gasteiger partial charge in [-0.3, -0.25) is 0 Å². The number of aliphatic hydroxyl groups is 1. The zero-order chi connectivity index (χ0) is 14.1. The van der Waals surface area contributed by atoms with Crippen molar-refractivity contribution in [3.05, 3.63) is 0 Å². The first-order valence-electron chi connectivity index (χ1n) is 7.45. The molecule has 2 rings (SSSR count). The summed E-state index contributed by atoms with van der Waals surface area (Å²) in [4.78, 5) is 11.7. The van der Waals surface area contributed by atoms with Gasteiger partial charge in [0.05, 0.1) is 0 Å². The summed E-state index contributed by atoms with van der Waals surface area (Å²) >= 11 is 0. The molecule has 2 aliphatic carbocycles. The number of alkyl carbamates (subject to hydrolysis) is 1. The second-order valence-electron chi connectivity index (χ2n) is 7.22. The molecular weight excluding hydrogens is 242 g/mol. The first-order valence-corrected chi connectivity index (χ1v) is 7.45. The summed E-state index contributed by atoms with van der Waals surface area (Å²) in [5, 5.41) is 12.4. The van der Waals surface area contributed by atoms with Crippen LogP contribution in [0.25, 0.3) is 0 Å². The van der Waals surface area contributed by atoms with Crippen molar-refractivity contribution in [3.63, 3.8) is 0 Å². The summed E-state index contributed by atoms with van der Waals surface area (Å²) in [7, 11) is 0. The van der Waals surface area contributed by atoms with Crippen molar-refractivity contribution in [3.8, 4) is 0 Å². The molecule has 2 saturated carbocycles. The third-order valence-electron chi connectivity index (χ3n) is 4.52. The SMILES string of the molecule is CC(C)(C)OC(=O)NC1CCC(C2(CO)CC2)CC1. The normalized spacial score (nSPS) is 29.7. The minimum atomic E-state index is -0.434. The van der Waals surface area contributed by atoms with E-state index in [0.29, 0.717) is 12.5 Å². The Bertz CT molecular complexity index is 323. The van der Waals surface area contributed by atoms with Gasteiger partial charge in [0.25, 0.3) is 0 Å². The number of carbonyl (C=O) groups is 1. The minimum Gasteiger partial charge on any atom is -0.444 e. The number of rotatable bonds is 3. The predicted octanol–water partition coefficient (Wildman–Crippen LogP) is 2.84. The van der Waals surface area contributed by atoms with E-state index in [9.17, 15) is 9.90 Å². The van der Waals surface area contributed by atoms with Crippen LogP contribution in [0.1, 0.15) is 59.3 Å². The molecule has 0 bridgehead atoms. The number of carbonyl (C=O) groups excluding carboxylic acids is 1. The number of hydrogen-bond donors (Lipinski definition) is 2. The van der Waals surface area contributed by atoms with Gasteiger partial charge >= 0.3 is 6.09 Å². The van der Waals surface area contributed by atoms with Gasteiger partial charge in [0.2, 0.25) is 0 Å². The van der Waals surface area contributed by atoms with E-state index >= 15 is 0 Å². The molecule has 0 saturated heterocycles. The molecule has 1 amide bonds. The molecule has 0 atom stereocenters. The van der Waals surface area contributed by atoms with Crippen LogP contribution in [0.4, 0.5) is 4.79 Å². The largest absolute Gasteiger partial charge is 0.444 e. The molecule has 2 fully saturated rings. The van der Waals surface area contributed by atoms with E-state index in [0.717, 1.165) is 25.7 Å². The van der Waals surface area contributed by atoms with Crippen LogP contribution in [0, 0.1) is 11.3 Å². The van der Waals surface area contributed by atoms with Crippen LogP contribution in [-0.4, -0.2) is 29.4 Å². The Morgan fingerprint density at radius 3 is 2.26 bits per heavy atom. The molecule has 2 aliphatic rings. The van der Waals surface area contributed by atoms with Gasteiger partial charge in [0.15, 0.2) is 0 Å². The van der Waals surface area contributed by atoms with E-state index in [1.54, 1.807) is 0 Å². The van der Waals surface area contributed by atoms with Crippen LogP contribution in [-0.2, 0) is 4.74 Å². The van der Waals surface area contributed by atoms with Gasteiger partial charge in [0, 0.05) is 12.6 Å². The molecule has 0 heterocycles. The molecule has 0 spiro atoms. The summed E-state index contributed by atoms with van der Waals surface area (Å²) in [6.45, 7) is 5.96. The van der Waals surface area contributed by atoms with Crippen molar-refractivity contribution in [1.82, 2.24) is 5.32 Å². The highest BCUT2D eigenvalue weighted by atomic mass is 16.6. The van der Waals surface area contributed by atoms with Crippen molar-refractivity contribution >= 4 is 6.09 Å². The fourth-order valence-corrected chi connectivity index (χ4v) is 3.18. The van der Waals surface area contributed by atoms with Crippen LogP contribution < -0.4 is 5.32 Å². The lowest BCUT2D eigenvalue weighted by Gasteiger charge is -2.34. The summed E-state index contributed by atoms with van der Waals surface area (Å²) in [6, 6.07) is 0.237. The first-order chi connectivity index (χ1) is 8.85. The Hall–Kier alpha value is -0.770. The molecule has 0 unspecified atom stereocenters. The van der Waals surface area contributed by atoms with Crippen LogP contribution in [0.15, 0.2) is 0 Å². The van der Waals surface area contributed by atoms with Gasteiger partial charge in [-0.1, -0.05) is 0 Å². The molecule has 0 aromatic heterocycles. The van der Waals surface area contributed by atoms with Gasteiger partial charge in [-0.15, -0.1) is 0 Å². The second kappa shape index (κ2) is 5.31. The van der Waals surface area contributed by atoms with Crippen LogP contribution in [0.3, 0.4) is 0 Å². The van der Waals surface area contributed by atoms with Gasteiger partial charge in [-0.25, -0.2) is 4.79 Å². The Labute approximate surface area is 115 Å². The number of amides is 1. The number of nitrogens with one attached hydrogen (secondary N) is 1. The van der Waals surface area contributed by atoms with Gasteiger partial charge in [0.1, 0.15) is 5.60 Å². The van der Waals surface area contributed by atoms with Crippen LogP contribution >= 0.6 is 0 Å². The average Bonchev–Trinajstić information content (AvgIpc) is 3.08. The van der Waals surface area contributed by atoms with Crippen molar-refractivity contribution in [2.24, 2.45) is 11.3 Å². The van der Waals surface area contributed by atoms with E-state index in [2.05, 4.69) is 5.32 Å². The molecule has 2 N–H and O–H groups in total. The topological polar surface area (TPSA) is 58.6 Å². The molecule has 4 heteroatoms. The Kier molecular flexibility index (Phi) is 4.09. The molecule has 19 heavy (non-hydrogen) atoms. The van der Waals surface area contributed by atoms with E-state index in [-0.39, 0.29) is 17.6 Å². The monoisotopic (exact) mass is 269 g/mol. The van der Waals surface area contributed by atoms with Crippen LogP contribution in [0.5, 0.6) is 0 Å². The van der Waals surface area contributed by atoms with Gasteiger partial charge < -0.3 is 15.2 Å². The number of ether oxygens (including phenoxy) is 1. The average molecular weight is 269 g/mol. The fraction of sp³-hybridized carbons (Fsp3) is 0.933. The summed E-state index contributed by atoms with van der Waals surface area (Å²) in [5.41, 5.74) is -0.201. The molecule has 0 aromatic carbocycles. The highest BCUT2D eigenvalue weighted by molar-refractivity contribution is 5.68. The van der Waals surface area contributed by atoms with E-state index in [1.807, 2.05) is 20.8 Å². The van der Waals surface area contributed by atoms with E-state index in [1.165, 1.54) is 12.8 Å². The van der Waals surface area contributed by atoms with E-state index < -0.39 is 5.60 Å². The smallest absolute Gasteiger partial charge is 0.407 e. The third kappa shape index (κ3) is 3.85. The quantitative estimate of drug-likeness (QED) is 0.828. The summed E-state index contributed by atoms with van der Waals surface area (Å²) in [6.07, 6.45) is 6.29. The number of aliphatic hydroxyl groups excluding tert-OH is 1. The van der Waals surface area contributed by atoms with Crippen molar-refractivity contribution in [1.29, 1.82) is 0 Å². The predicted molar refractivity (Wildman–Crippen MR) is 73.9 cm³/mol. The van der Waals surface area contributed by atoms with Crippen molar-refractivity contribution in [2.45, 2.75) is 70.9 Å². The zero-order valence-electron chi connectivity index (χ0n) is 12.4. The van der Waals surface area contributed by atoms with Crippen LogP contribution in [0.2, 0.25) is 0 Å². The van der Waals surface area contributed by atoms with Crippen molar-refractivity contribution in [2.75, 3.05) is 6.61 Å². The minimum absolute atomic E-state index is 0.233. The van der Waals surface area contributed by atoms with Crippen molar-refractivity contribution < 1.29 is 14.6 Å². The number of hydrogen-bond acceptors (Lipinski definition) is 3.